The largest absolute Gasteiger partial charge is 0.383 e. The number of ether oxygens (including phenoxy) is 1. The van der Waals surface area contributed by atoms with Gasteiger partial charge in [-0.05, 0) is 12.1 Å². The van der Waals surface area contributed by atoms with Gasteiger partial charge in [-0.15, -0.1) is 0 Å². The van der Waals surface area contributed by atoms with E-state index in [4.69, 9.17) is 10.5 Å². The summed E-state index contributed by atoms with van der Waals surface area (Å²) in [5, 5.41) is 0. The number of rotatable bonds is 4. The molecule has 0 fully saturated rings. The van der Waals surface area contributed by atoms with Crippen molar-refractivity contribution in [2.75, 3.05) is 32.7 Å². The molecule has 0 aliphatic heterocycles. The van der Waals surface area contributed by atoms with Crippen molar-refractivity contribution in [2.24, 2.45) is 5.73 Å². The van der Waals surface area contributed by atoms with Crippen molar-refractivity contribution in [3.05, 3.63) is 18.0 Å². The molecule has 0 saturated heterocycles. The topological polar surface area (TPSA) is 80.1 Å². The number of fused-ring (bicyclic) bond motifs is 1. The highest BCUT2D eigenvalue weighted by Crippen LogP contribution is 2.17. The second-order valence-electron chi connectivity index (χ2n) is 4.12. The Morgan fingerprint density at radius 1 is 1.41 bits per heavy atom. The lowest BCUT2D eigenvalue weighted by Gasteiger charge is -2.09. The zero-order chi connectivity index (χ0) is 12.4. The molecule has 0 aromatic carbocycles. The third kappa shape index (κ3) is 2.37. The number of anilines is 1. The lowest BCUT2D eigenvalue weighted by atomic mass is 10.3. The predicted octanol–water partition coefficient (Wildman–Crippen LogP) is 0.670. The van der Waals surface area contributed by atoms with E-state index in [0.717, 1.165) is 11.3 Å². The number of H-pyrrole nitrogens is 1. The predicted molar refractivity (Wildman–Crippen MR) is 67.0 cm³/mol. The fourth-order valence-corrected chi connectivity index (χ4v) is 1.58. The molecule has 17 heavy (non-hydrogen) atoms. The molecule has 0 aliphatic carbocycles. The average molecular weight is 235 g/mol. The van der Waals surface area contributed by atoms with Crippen LogP contribution >= 0.6 is 0 Å². The summed E-state index contributed by atoms with van der Waals surface area (Å²) in [6.45, 7) is 0.431. The van der Waals surface area contributed by atoms with Gasteiger partial charge in [-0.1, -0.05) is 0 Å². The first kappa shape index (κ1) is 11.8. The Morgan fingerprint density at radius 2 is 2.18 bits per heavy atom. The van der Waals surface area contributed by atoms with Crippen LogP contribution in [0.4, 0.5) is 5.82 Å². The third-order valence-electron chi connectivity index (χ3n) is 2.51. The molecular formula is C11H17N5O. The second kappa shape index (κ2) is 4.68. The van der Waals surface area contributed by atoms with Crippen LogP contribution in [0.5, 0.6) is 0 Å². The van der Waals surface area contributed by atoms with Crippen LogP contribution < -0.4 is 10.6 Å². The number of aromatic amines is 1. The summed E-state index contributed by atoms with van der Waals surface area (Å²) in [6.07, 6.45) is 0. The number of nitrogens with zero attached hydrogens (tertiary/aromatic N) is 3. The normalized spacial score (nSPS) is 12.9. The van der Waals surface area contributed by atoms with Crippen molar-refractivity contribution in [1.29, 1.82) is 0 Å². The molecule has 2 aromatic rings. The Hall–Kier alpha value is -1.66. The lowest BCUT2D eigenvalue weighted by Crippen LogP contribution is -2.17. The van der Waals surface area contributed by atoms with Gasteiger partial charge in [0.15, 0.2) is 5.65 Å². The Morgan fingerprint density at radius 3 is 2.82 bits per heavy atom. The van der Waals surface area contributed by atoms with E-state index in [-0.39, 0.29) is 6.04 Å². The van der Waals surface area contributed by atoms with Crippen molar-refractivity contribution in [3.8, 4) is 0 Å². The number of hydrogen-bond acceptors (Lipinski definition) is 5. The molecule has 0 amide bonds. The van der Waals surface area contributed by atoms with E-state index in [1.807, 2.05) is 31.1 Å². The average Bonchev–Trinajstić information content (AvgIpc) is 2.71. The molecule has 2 aromatic heterocycles. The van der Waals surface area contributed by atoms with Crippen LogP contribution in [0, 0.1) is 0 Å². The summed E-state index contributed by atoms with van der Waals surface area (Å²) < 4.78 is 5.00. The Labute approximate surface area is 99.8 Å². The quantitative estimate of drug-likeness (QED) is 0.814. The van der Waals surface area contributed by atoms with Crippen LogP contribution in [-0.4, -0.2) is 42.8 Å². The van der Waals surface area contributed by atoms with E-state index >= 15 is 0 Å². The number of aromatic nitrogens is 3. The van der Waals surface area contributed by atoms with Gasteiger partial charge in [0.25, 0.3) is 0 Å². The summed E-state index contributed by atoms with van der Waals surface area (Å²) in [4.78, 5) is 13.9. The van der Waals surface area contributed by atoms with Crippen LogP contribution in [-0.2, 0) is 4.74 Å². The van der Waals surface area contributed by atoms with E-state index in [2.05, 4.69) is 15.0 Å². The molecule has 1 atom stereocenters. The minimum Gasteiger partial charge on any atom is -0.383 e. The molecule has 0 spiro atoms. The SMILES string of the molecule is COCC(N)c1nc2nc(N(C)C)ccc2[nH]1. The Kier molecular flexibility index (Phi) is 3.26. The van der Waals surface area contributed by atoms with Crippen molar-refractivity contribution < 1.29 is 4.74 Å². The van der Waals surface area contributed by atoms with Crippen molar-refractivity contribution in [3.63, 3.8) is 0 Å². The molecule has 3 N–H and O–H groups in total. The van der Waals surface area contributed by atoms with E-state index in [1.54, 1.807) is 7.11 Å². The summed E-state index contributed by atoms with van der Waals surface area (Å²) in [6, 6.07) is 3.64. The van der Waals surface area contributed by atoms with Crippen molar-refractivity contribution >= 4 is 17.0 Å². The Bertz CT molecular complexity index is 508. The summed E-state index contributed by atoms with van der Waals surface area (Å²) in [7, 11) is 5.50. The highest BCUT2D eigenvalue weighted by atomic mass is 16.5. The minimum absolute atomic E-state index is 0.253. The molecule has 92 valence electrons. The van der Waals surface area contributed by atoms with Gasteiger partial charge < -0.3 is 20.4 Å². The molecular weight excluding hydrogens is 218 g/mol. The van der Waals surface area contributed by atoms with Crippen molar-refractivity contribution in [2.45, 2.75) is 6.04 Å². The first-order valence-electron chi connectivity index (χ1n) is 5.40. The van der Waals surface area contributed by atoms with Gasteiger partial charge in [-0.25, -0.2) is 9.97 Å². The van der Waals surface area contributed by atoms with Crippen LogP contribution in [0.1, 0.15) is 11.9 Å². The first-order valence-corrected chi connectivity index (χ1v) is 5.40. The van der Waals surface area contributed by atoms with Crippen LogP contribution in [0.2, 0.25) is 0 Å². The fraction of sp³-hybridized carbons (Fsp3) is 0.455. The highest BCUT2D eigenvalue weighted by molar-refractivity contribution is 5.73. The van der Waals surface area contributed by atoms with Crippen molar-refractivity contribution in [1.82, 2.24) is 15.0 Å². The first-order chi connectivity index (χ1) is 8.11. The van der Waals surface area contributed by atoms with Gasteiger partial charge in [0.05, 0.1) is 18.2 Å². The fourth-order valence-electron chi connectivity index (χ4n) is 1.58. The van der Waals surface area contributed by atoms with Crippen LogP contribution in [0.3, 0.4) is 0 Å². The number of nitrogens with two attached hydrogens (primary N) is 1. The number of methoxy groups -OCH3 is 1. The van der Waals surface area contributed by atoms with E-state index in [1.165, 1.54) is 0 Å². The Balaban J connectivity index is 2.36. The lowest BCUT2D eigenvalue weighted by molar-refractivity contribution is 0.178. The van der Waals surface area contributed by atoms with Crippen LogP contribution in [0.15, 0.2) is 12.1 Å². The molecule has 0 radical (unpaired) electrons. The maximum atomic E-state index is 5.91. The van der Waals surface area contributed by atoms with Gasteiger partial charge in [0.2, 0.25) is 0 Å². The van der Waals surface area contributed by atoms with Gasteiger partial charge in [-0.3, -0.25) is 0 Å². The molecule has 2 rings (SSSR count). The highest BCUT2D eigenvalue weighted by Gasteiger charge is 2.12. The zero-order valence-electron chi connectivity index (χ0n) is 10.3. The monoisotopic (exact) mass is 235 g/mol. The number of nitrogens with one attached hydrogen (secondary N) is 1. The standard InChI is InChI=1S/C11H17N5O/c1-16(2)9-5-4-8-11(14-9)15-10(13-8)7(12)6-17-3/h4-5,7H,6,12H2,1-3H3,(H,13,14,15). The van der Waals surface area contributed by atoms with E-state index < -0.39 is 0 Å². The second-order valence-corrected chi connectivity index (χ2v) is 4.12. The maximum absolute atomic E-state index is 5.91. The van der Waals surface area contributed by atoms with Crippen LogP contribution in [0.25, 0.3) is 11.2 Å². The van der Waals surface area contributed by atoms with Gasteiger partial charge in [0.1, 0.15) is 11.6 Å². The summed E-state index contributed by atoms with van der Waals surface area (Å²) >= 11 is 0. The number of imidazole rings is 1. The molecule has 0 saturated carbocycles. The minimum atomic E-state index is -0.253. The molecule has 2 heterocycles. The molecule has 0 bridgehead atoms. The smallest absolute Gasteiger partial charge is 0.179 e. The van der Waals surface area contributed by atoms with Gasteiger partial charge >= 0.3 is 0 Å². The molecule has 0 aliphatic rings. The van der Waals surface area contributed by atoms with E-state index in [0.29, 0.717) is 18.1 Å². The third-order valence-corrected chi connectivity index (χ3v) is 2.51. The summed E-state index contributed by atoms with van der Waals surface area (Å²) in [5.74, 6) is 1.57. The maximum Gasteiger partial charge on any atom is 0.179 e. The number of hydrogen-bond donors (Lipinski definition) is 2. The van der Waals surface area contributed by atoms with Gasteiger partial charge in [0, 0.05) is 21.2 Å². The van der Waals surface area contributed by atoms with E-state index in [9.17, 15) is 0 Å². The molecule has 1 unspecified atom stereocenters. The number of pyridine rings is 1. The molecule has 6 heteroatoms. The summed E-state index contributed by atoms with van der Waals surface area (Å²) in [5.41, 5.74) is 7.47. The molecule has 6 nitrogen and oxygen atoms in total. The van der Waals surface area contributed by atoms with Gasteiger partial charge in [-0.2, -0.15) is 0 Å². The zero-order valence-corrected chi connectivity index (χ0v) is 10.3.